The molecule has 2 aromatic carbocycles. The number of piperazine rings is 1. The summed E-state index contributed by atoms with van der Waals surface area (Å²) in [6.07, 6.45) is 2.75. The first-order valence-corrected chi connectivity index (χ1v) is 11.4. The average Bonchev–Trinajstić information content (AvgIpc) is 3.30. The Bertz CT molecular complexity index is 1100. The maximum absolute atomic E-state index is 9.42. The van der Waals surface area contributed by atoms with Gasteiger partial charge in [0.05, 0.1) is 0 Å². The van der Waals surface area contributed by atoms with Crippen molar-refractivity contribution in [1.29, 1.82) is 0 Å². The van der Waals surface area contributed by atoms with Crippen LogP contribution in [0.1, 0.15) is 16.7 Å². The van der Waals surface area contributed by atoms with Crippen LogP contribution in [0, 0.1) is 6.92 Å². The molecule has 0 amide bonds. The SMILES string of the molecule is Cc1cnc(N2CCN(Cc3ccc4c(c3)OCO4)CC2)nc1NCCc1ccc(O)cc1. The summed E-state index contributed by atoms with van der Waals surface area (Å²) in [5, 5.41) is 12.9. The van der Waals surface area contributed by atoms with Crippen molar-refractivity contribution in [3.05, 3.63) is 65.4 Å². The first-order valence-electron chi connectivity index (χ1n) is 11.4. The number of ether oxygens (including phenoxy) is 2. The van der Waals surface area contributed by atoms with Crippen molar-refractivity contribution in [2.75, 3.05) is 49.7 Å². The first kappa shape index (κ1) is 21.3. The van der Waals surface area contributed by atoms with Crippen LogP contribution >= 0.6 is 0 Å². The lowest BCUT2D eigenvalue weighted by molar-refractivity contribution is 0.174. The zero-order valence-electron chi connectivity index (χ0n) is 18.8. The average molecular weight is 448 g/mol. The van der Waals surface area contributed by atoms with Gasteiger partial charge >= 0.3 is 0 Å². The zero-order valence-corrected chi connectivity index (χ0v) is 18.8. The fourth-order valence-electron chi connectivity index (χ4n) is 4.16. The van der Waals surface area contributed by atoms with Crippen LogP contribution in [0.15, 0.2) is 48.7 Å². The third-order valence-corrected chi connectivity index (χ3v) is 6.10. The Morgan fingerprint density at radius 3 is 2.55 bits per heavy atom. The Kier molecular flexibility index (Phi) is 6.17. The molecule has 0 radical (unpaired) electrons. The van der Waals surface area contributed by atoms with E-state index in [2.05, 4.69) is 32.2 Å². The molecule has 1 fully saturated rings. The summed E-state index contributed by atoms with van der Waals surface area (Å²) in [6, 6.07) is 13.5. The molecule has 1 saturated heterocycles. The van der Waals surface area contributed by atoms with Crippen molar-refractivity contribution in [3.63, 3.8) is 0 Å². The van der Waals surface area contributed by atoms with Crippen LogP contribution in [0.5, 0.6) is 17.2 Å². The molecule has 2 aliphatic heterocycles. The Labute approximate surface area is 193 Å². The molecule has 3 heterocycles. The van der Waals surface area contributed by atoms with E-state index in [9.17, 15) is 5.11 Å². The minimum Gasteiger partial charge on any atom is -0.508 e. The Morgan fingerprint density at radius 1 is 0.970 bits per heavy atom. The maximum atomic E-state index is 9.42. The molecular formula is C25H29N5O3. The van der Waals surface area contributed by atoms with Gasteiger partial charge in [-0.25, -0.2) is 4.98 Å². The lowest BCUT2D eigenvalue weighted by atomic mass is 10.1. The zero-order chi connectivity index (χ0) is 22.6. The minimum absolute atomic E-state index is 0.291. The second-order valence-electron chi connectivity index (χ2n) is 8.50. The van der Waals surface area contributed by atoms with Gasteiger partial charge in [0.1, 0.15) is 11.6 Å². The Balaban J connectivity index is 1.14. The van der Waals surface area contributed by atoms with Crippen molar-refractivity contribution in [2.45, 2.75) is 19.9 Å². The highest BCUT2D eigenvalue weighted by atomic mass is 16.7. The van der Waals surface area contributed by atoms with Gasteiger partial charge in [0.25, 0.3) is 0 Å². The molecule has 0 saturated carbocycles. The predicted molar refractivity (Wildman–Crippen MR) is 127 cm³/mol. The fraction of sp³-hybridized carbons (Fsp3) is 0.360. The molecule has 0 unspecified atom stereocenters. The highest BCUT2D eigenvalue weighted by Gasteiger charge is 2.21. The summed E-state index contributed by atoms with van der Waals surface area (Å²) in [6.45, 7) is 7.68. The second-order valence-corrected chi connectivity index (χ2v) is 8.50. The van der Waals surface area contributed by atoms with E-state index in [1.54, 1.807) is 12.1 Å². The molecule has 33 heavy (non-hydrogen) atoms. The van der Waals surface area contributed by atoms with Crippen molar-refractivity contribution in [1.82, 2.24) is 14.9 Å². The topological polar surface area (TPSA) is 83.0 Å². The van der Waals surface area contributed by atoms with Gasteiger partial charge < -0.3 is 24.8 Å². The van der Waals surface area contributed by atoms with E-state index in [0.717, 1.165) is 74.5 Å². The molecule has 5 rings (SSSR count). The standard InChI is InChI=1S/C25H29N5O3/c1-18-15-27-25(28-24(18)26-9-8-19-2-5-21(31)6-3-19)30-12-10-29(11-13-30)16-20-4-7-22-23(14-20)33-17-32-22/h2-7,14-15,31H,8-13,16-17H2,1H3,(H,26,27,28). The number of rotatable bonds is 7. The molecule has 0 aliphatic carbocycles. The summed E-state index contributed by atoms with van der Waals surface area (Å²) in [7, 11) is 0. The highest BCUT2D eigenvalue weighted by Crippen LogP contribution is 2.33. The molecule has 8 heteroatoms. The Morgan fingerprint density at radius 2 is 1.73 bits per heavy atom. The molecule has 2 N–H and O–H groups in total. The largest absolute Gasteiger partial charge is 0.508 e. The number of aromatic nitrogens is 2. The fourth-order valence-corrected chi connectivity index (χ4v) is 4.16. The van der Waals surface area contributed by atoms with E-state index in [1.165, 1.54) is 11.1 Å². The number of benzene rings is 2. The number of hydrogen-bond acceptors (Lipinski definition) is 8. The number of fused-ring (bicyclic) bond motifs is 1. The van der Waals surface area contributed by atoms with Crippen LogP contribution in [0.3, 0.4) is 0 Å². The van der Waals surface area contributed by atoms with E-state index in [1.807, 2.05) is 31.3 Å². The van der Waals surface area contributed by atoms with Crippen molar-refractivity contribution in [3.8, 4) is 17.2 Å². The lowest BCUT2D eigenvalue weighted by Gasteiger charge is -2.35. The molecule has 1 aromatic heterocycles. The molecule has 172 valence electrons. The van der Waals surface area contributed by atoms with Crippen LogP contribution in [-0.4, -0.2) is 59.5 Å². The van der Waals surface area contributed by atoms with Gasteiger partial charge in [0.2, 0.25) is 12.7 Å². The summed E-state index contributed by atoms with van der Waals surface area (Å²) in [5.74, 6) is 3.60. The van der Waals surface area contributed by atoms with Crippen LogP contribution in [0.2, 0.25) is 0 Å². The minimum atomic E-state index is 0.291. The third-order valence-electron chi connectivity index (χ3n) is 6.10. The quantitative estimate of drug-likeness (QED) is 0.571. The maximum Gasteiger partial charge on any atom is 0.231 e. The molecule has 8 nitrogen and oxygen atoms in total. The summed E-state index contributed by atoms with van der Waals surface area (Å²) in [4.78, 5) is 14.1. The van der Waals surface area contributed by atoms with Crippen LogP contribution in [-0.2, 0) is 13.0 Å². The van der Waals surface area contributed by atoms with Gasteiger partial charge in [0, 0.05) is 51.0 Å². The van der Waals surface area contributed by atoms with Gasteiger partial charge in [-0.05, 0) is 48.7 Å². The highest BCUT2D eigenvalue weighted by molar-refractivity contribution is 5.48. The normalized spacial score (nSPS) is 15.6. The number of phenolic OH excluding ortho intramolecular Hbond substituents is 1. The van der Waals surface area contributed by atoms with Gasteiger partial charge in [-0.3, -0.25) is 4.90 Å². The number of phenols is 1. The Hall–Kier alpha value is -3.52. The number of nitrogens with one attached hydrogen (secondary N) is 1. The lowest BCUT2D eigenvalue weighted by Crippen LogP contribution is -2.46. The number of nitrogens with zero attached hydrogens (tertiary/aromatic N) is 4. The number of aryl methyl sites for hydroxylation is 1. The summed E-state index contributed by atoms with van der Waals surface area (Å²) < 4.78 is 10.9. The van der Waals surface area contributed by atoms with Crippen LogP contribution in [0.4, 0.5) is 11.8 Å². The van der Waals surface area contributed by atoms with Crippen molar-refractivity contribution < 1.29 is 14.6 Å². The molecule has 2 aliphatic rings. The number of aromatic hydroxyl groups is 1. The summed E-state index contributed by atoms with van der Waals surface area (Å²) >= 11 is 0. The third kappa shape index (κ3) is 5.12. The van der Waals surface area contributed by atoms with Gasteiger partial charge in [-0.1, -0.05) is 18.2 Å². The molecule has 3 aromatic rings. The van der Waals surface area contributed by atoms with E-state index in [0.29, 0.717) is 12.5 Å². The van der Waals surface area contributed by atoms with E-state index in [-0.39, 0.29) is 0 Å². The first-order chi connectivity index (χ1) is 16.1. The summed E-state index contributed by atoms with van der Waals surface area (Å²) in [5.41, 5.74) is 3.44. The molecule has 0 bridgehead atoms. The monoisotopic (exact) mass is 447 g/mol. The van der Waals surface area contributed by atoms with E-state index >= 15 is 0 Å². The molecule has 0 atom stereocenters. The van der Waals surface area contributed by atoms with Gasteiger partial charge in [0.15, 0.2) is 11.5 Å². The van der Waals surface area contributed by atoms with Crippen molar-refractivity contribution >= 4 is 11.8 Å². The van der Waals surface area contributed by atoms with E-state index in [4.69, 9.17) is 14.5 Å². The van der Waals surface area contributed by atoms with E-state index < -0.39 is 0 Å². The van der Waals surface area contributed by atoms with Gasteiger partial charge in [-0.15, -0.1) is 0 Å². The van der Waals surface area contributed by atoms with Gasteiger partial charge in [-0.2, -0.15) is 4.98 Å². The predicted octanol–water partition coefficient (Wildman–Crippen LogP) is 3.20. The molecular weight excluding hydrogens is 418 g/mol. The molecule has 0 spiro atoms. The second kappa shape index (κ2) is 9.54. The smallest absolute Gasteiger partial charge is 0.231 e. The number of hydrogen-bond donors (Lipinski definition) is 2. The van der Waals surface area contributed by atoms with Crippen LogP contribution < -0.4 is 19.7 Å². The number of anilines is 2. The van der Waals surface area contributed by atoms with Crippen molar-refractivity contribution in [2.24, 2.45) is 0 Å². The van der Waals surface area contributed by atoms with Crippen LogP contribution in [0.25, 0.3) is 0 Å².